The van der Waals surface area contributed by atoms with Crippen LogP contribution in [-0.2, 0) is 16.0 Å². The van der Waals surface area contributed by atoms with Crippen molar-refractivity contribution in [3.8, 4) is 12.3 Å². The van der Waals surface area contributed by atoms with Gasteiger partial charge >= 0.3 is 5.97 Å². The summed E-state index contributed by atoms with van der Waals surface area (Å²) in [5.74, 6) is 2.10. The predicted molar refractivity (Wildman–Crippen MR) is 59.2 cm³/mol. The summed E-state index contributed by atoms with van der Waals surface area (Å²) in [5.41, 5.74) is 1.13. The maximum absolute atomic E-state index is 11.3. The van der Waals surface area contributed by atoms with Gasteiger partial charge in [0.25, 0.3) is 0 Å². The van der Waals surface area contributed by atoms with Crippen LogP contribution in [0.3, 0.4) is 0 Å². The van der Waals surface area contributed by atoms with Crippen molar-refractivity contribution in [2.24, 2.45) is 0 Å². The van der Waals surface area contributed by atoms with Crippen molar-refractivity contribution in [1.29, 1.82) is 0 Å². The van der Waals surface area contributed by atoms with E-state index in [0.717, 1.165) is 5.56 Å². The highest BCUT2D eigenvalue weighted by atomic mass is 16.5. The normalized spacial score (nSPS) is 11.5. The average Bonchev–Trinajstić information content (AvgIpc) is 2.27. The molecule has 0 aliphatic heterocycles. The van der Waals surface area contributed by atoms with E-state index in [2.05, 4.69) is 5.92 Å². The number of hydrogen-bond acceptors (Lipinski definition) is 2. The zero-order chi connectivity index (χ0) is 11.1. The highest BCUT2D eigenvalue weighted by molar-refractivity contribution is 5.70. The average molecular weight is 202 g/mol. The molecule has 0 fully saturated rings. The van der Waals surface area contributed by atoms with Gasteiger partial charge in [0.05, 0.1) is 0 Å². The number of benzene rings is 1. The first-order valence-corrected chi connectivity index (χ1v) is 4.92. The van der Waals surface area contributed by atoms with Crippen molar-refractivity contribution in [2.75, 3.05) is 0 Å². The Kier molecular flexibility index (Phi) is 4.43. The molecule has 1 atom stereocenters. The quantitative estimate of drug-likeness (QED) is 0.552. The van der Waals surface area contributed by atoms with Gasteiger partial charge in [-0.2, -0.15) is 0 Å². The lowest BCUT2D eigenvalue weighted by molar-refractivity contribution is -0.145. The molecule has 0 saturated carbocycles. The number of carbonyl (C=O) groups is 1. The number of rotatable bonds is 4. The van der Waals surface area contributed by atoms with Crippen molar-refractivity contribution in [3.63, 3.8) is 0 Å². The minimum atomic E-state index is -0.437. The first kappa shape index (κ1) is 11.3. The molecule has 0 radical (unpaired) electrons. The van der Waals surface area contributed by atoms with Crippen molar-refractivity contribution >= 4 is 5.97 Å². The minimum Gasteiger partial charge on any atom is -0.449 e. The SMILES string of the molecule is C#CC(C)OC(=O)CCc1ccccc1. The highest BCUT2D eigenvalue weighted by Gasteiger charge is 2.06. The molecule has 1 aromatic carbocycles. The summed E-state index contributed by atoms with van der Waals surface area (Å²) in [6.45, 7) is 1.68. The second-order valence-corrected chi connectivity index (χ2v) is 3.28. The molecule has 0 aliphatic rings. The van der Waals surface area contributed by atoms with Crippen LogP contribution < -0.4 is 0 Å². The summed E-state index contributed by atoms with van der Waals surface area (Å²) in [6, 6.07) is 9.81. The van der Waals surface area contributed by atoms with Crippen LogP contribution in [0.4, 0.5) is 0 Å². The molecule has 0 heterocycles. The van der Waals surface area contributed by atoms with E-state index < -0.39 is 6.10 Å². The summed E-state index contributed by atoms with van der Waals surface area (Å²) >= 11 is 0. The van der Waals surface area contributed by atoms with E-state index in [4.69, 9.17) is 11.2 Å². The molecule has 78 valence electrons. The van der Waals surface area contributed by atoms with Gasteiger partial charge in [-0.15, -0.1) is 6.42 Å². The molecule has 0 N–H and O–H groups in total. The Hall–Kier alpha value is -1.75. The topological polar surface area (TPSA) is 26.3 Å². The smallest absolute Gasteiger partial charge is 0.307 e. The fourth-order valence-corrected chi connectivity index (χ4v) is 1.18. The van der Waals surface area contributed by atoms with Crippen LogP contribution in [0.2, 0.25) is 0 Å². The van der Waals surface area contributed by atoms with Crippen molar-refractivity contribution < 1.29 is 9.53 Å². The molecule has 15 heavy (non-hydrogen) atoms. The molecule has 0 spiro atoms. The predicted octanol–water partition coefficient (Wildman–Crippen LogP) is 2.18. The number of aryl methyl sites for hydroxylation is 1. The maximum atomic E-state index is 11.3. The lowest BCUT2D eigenvalue weighted by Gasteiger charge is -2.06. The second kappa shape index (κ2) is 5.87. The Morgan fingerprint density at radius 2 is 2.13 bits per heavy atom. The molecule has 1 unspecified atom stereocenters. The molecule has 2 nitrogen and oxygen atoms in total. The monoisotopic (exact) mass is 202 g/mol. The third-order valence-electron chi connectivity index (χ3n) is 2.00. The van der Waals surface area contributed by atoms with Crippen molar-refractivity contribution in [3.05, 3.63) is 35.9 Å². The Morgan fingerprint density at radius 1 is 1.47 bits per heavy atom. The van der Waals surface area contributed by atoms with Gasteiger partial charge in [-0.25, -0.2) is 0 Å². The summed E-state index contributed by atoms with van der Waals surface area (Å²) in [5, 5.41) is 0. The van der Waals surface area contributed by atoms with Gasteiger partial charge in [0.2, 0.25) is 0 Å². The third kappa shape index (κ3) is 4.33. The summed E-state index contributed by atoms with van der Waals surface area (Å²) < 4.78 is 4.95. The molecule has 0 amide bonds. The maximum Gasteiger partial charge on any atom is 0.307 e. The lowest BCUT2D eigenvalue weighted by atomic mass is 10.1. The molecule has 0 aliphatic carbocycles. The van der Waals surface area contributed by atoms with E-state index in [-0.39, 0.29) is 5.97 Å². The van der Waals surface area contributed by atoms with Crippen LogP contribution in [0, 0.1) is 12.3 Å². The first-order chi connectivity index (χ1) is 7.22. The Bertz CT molecular complexity index is 349. The second-order valence-electron chi connectivity index (χ2n) is 3.28. The van der Waals surface area contributed by atoms with E-state index in [1.807, 2.05) is 30.3 Å². The fraction of sp³-hybridized carbons (Fsp3) is 0.308. The Labute approximate surface area is 90.3 Å². The van der Waals surface area contributed by atoms with Gasteiger partial charge < -0.3 is 4.74 Å². The van der Waals surface area contributed by atoms with Gasteiger partial charge in [-0.05, 0) is 18.9 Å². The van der Waals surface area contributed by atoms with Crippen LogP contribution in [0.25, 0.3) is 0 Å². The minimum absolute atomic E-state index is 0.246. The van der Waals surface area contributed by atoms with Gasteiger partial charge in [-0.3, -0.25) is 4.79 Å². The van der Waals surface area contributed by atoms with Crippen molar-refractivity contribution in [2.45, 2.75) is 25.9 Å². The molecular weight excluding hydrogens is 188 g/mol. The van der Waals surface area contributed by atoms with Crippen LogP contribution in [0.5, 0.6) is 0 Å². The number of ether oxygens (including phenoxy) is 1. The van der Waals surface area contributed by atoms with Gasteiger partial charge in [0.15, 0.2) is 6.10 Å². The number of hydrogen-bond donors (Lipinski definition) is 0. The van der Waals surface area contributed by atoms with E-state index >= 15 is 0 Å². The zero-order valence-corrected chi connectivity index (χ0v) is 8.77. The molecule has 0 saturated heterocycles. The standard InChI is InChI=1S/C13H14O2/c1-3-11(2)15-13(14)10-9-12-7-5-4-6-8-12/h1,4-8,11H,9-10H2,2H3. The molecule has 0 aromatic heterocycles. The first-order valence-electron chi connectivity index (χ1n) is 4.92. The Morgan fingerprint density at radius 3 is 2.73 bits per heavy atom. The number of carbonyl (C=O) groups excluding carboxylic acids is 1. The van der Waals surface area contributed by atoms with E-state index in [1.54, 1.807) is 6.92 Å². The van der Waals surface area contributed by atoms with Crippen LogP contribution >= 0.6 is 0 Å². The van der Waals surface area contributed by atoms with E-state index in [0.29, 0.717) is 12.8 Å². The van der Waals surface area contributed by atoms with Crippen LogP contribution in [-0.4, -0.2) is 12.1 Å². The molecular formula is C13H14O2. The summed E-state index contributed by atoms with van der Waals surface area (Å²) in [7, 11) is 0. The molecule has 2 heteroatoms. The highest BCUT2D eigenvalue weighted by Crippen LogP contribution is 2.04. The third-order valence-corrected chi connectivity index (χ3v) is 2.00. The fourth-order valence-electron chi connectivity index (χ4n) is 1.18. The van der Waals surface area contributed by atoms with E-state index in [9.17, 15) is 4.79 Å². The molecule has 0 bridgehead atoms. The van der Waals surface area contributed by atoms with Gasteiger partial charge in [0.1, 0.15) is 0 Å². The number of esters is 1. The van der Waals surface area contributed by atoms with Crippen LogP contribution in [0.15, 0.2) is 30.3 Å². The number of terminal acetylenes is 1. The van der Waals surface area contributed by atoms with Gasteiger partial charge in [0, 0.05) is 6.42 Å². The van der Waals surface area contributed by atoms with Gasteiger partial charge in [-0.1, -0.05) is 36.3 Å². The summed E-state index contributed by atoms with van der Waals surface area (Å²) in [6.07, 6.45) is 5.73. The van der Waals surface area contributed by atoms with E-state index in [1.165, 1.54) is 0 Å². The summed E-state index contributed by atoms with van der Waals surface area (Å²) in [4.78, 5) is 11.3. The zero-order valence-electron chi connectivity index (χ0n) is 8.77. The molecule has 1 rings (SSSR count). The molecule has 1 aromatic rings. The van der Waals surface area contributed by atoms with Crippen LogP contribution in [0.1, 0.15) is 18.9 Å². The Balaban J connectivity index is 2.32. The lowest BCUT2D eigenvalue weighted by Crippen LogP contribution is -2.13. The van der Waals surface area contributed by atoms with Crippen molar-refractivity contribution in [1.82, 2.24) is 0 Å². The largest absolute Gasteiger partial charge is 0.449 e.